The predicted molar refractivity (Wildman–Crippen MR) is 74.2 cm³/mol. The van der Waals surface area contributed by atoms with E-state index in [9.17, 15) is 14.7 Å². The highest BCUT2D eigenvalue weighted by Crippen LogP contribution is 2.39. The van der Waals surface area contributed by atoms with Crippen molar-refractivity contribution in [1.29, 1.82) is 0 Å². The summed E-state index contributed by atoms with van der Waals surface area (Å²) in [5.41, 5.74) is 1.40. The van der Waals surface area contributed by atoms with Crippen LogP contribution in [0, 0.1) is 5.92 Å². The van der Waals surface area contributed by atoms with Crippen molar-refractivity contribution in [3.05, 3.63) is 29.8 Å². The normalized spacial score (nSPS) is 21.6. The number of rotatable bonds is 4. The van der Waals surface area contributed by atoms with Crippen LogP contribution in [0.4, 0.5) is 5.69 Å². The number of fused-ring (bicyclic) bond motifs is 1. The lowest BCUT2D eigenvalue weighted by atomic mass is 9.86. The summed E-state index contributed by atoms with van der Waals surface area (Å²) in [4.78, 5) is 25.6. The number of benzene rings is 1. The summed E-state index contributed by atoms with van der Waals surface area (Å²) >= 11 is 0. The summed E-state index contributed by atoms with van der Waals surface area (Å²) in [6, 6.07) is 7.23. The van der Waals surface area contributed by atoms with Gasteiger partial charge in [-0.15, -0.1) is 0 Å². The van der Waals surface area contributed by atoms with E-state index >= 15 is 0 Å². The molecule has 0 spiro atoms. The molecule has 1 N–H and O–H groups in total. The van der Waals surface area contributed by atoms with Crippen molar-refractivity contribution >= 4 is 17.6 Å². The number of amides is 1. The van der Waals surface area contributed by atoms with Crippen molar-refractivity contribution in [3.8, 4) is 0 Å². The summed E-state index contributed by atoms with van der Waals surface area (Å²) in [7, 11) is 0. The number of hydrogen-bond acceptors (Lipinski definition) is 4. The van der Waals surface area contributed by atoms with Crippen molar-refractivity contribution in [3.63, 3.8) is 0 Å². The minimum atomic E-state index is -0.967. The number of hydrogen-bond donors (Lipinski definition) is 1. The highest BCUT2D eigenvalue weighted by atomic mass is 16.5. The first-order chi connectivity index (χ1) is 9.60. The zero-order chi connectivity index (χ0) is 14.7. The fraction of sp³-hybridized carbons (Fsp3) is 0.467. The van der Waals surface area contributed by atoms with Crippen LogP contribution in [0.5, 0.6) is 0 Å². The third kappa shape index (κ3) is 2.54. The second-order valence-electron chi connectivity index (χ2n) is 4.70. The molecule has 20 heavy (non-hydrogen) atoms. The van der Waals surface area contributed by atoms with Gasteiger partial charge in [0, 0.05) is 17.8 Å². The Morgan fingerprint density at radius 3 is 2.70 bits per heavy atom. The third-order valence-corrected chi connectivity index (χ3v) is 3.52. The molecule has 0 saturated carbocycles. The molecule has 108 valence electrons. The first-order valence-electron chi connectivity index (χ1n) is 6.84. The van der Waals surface area contributed by atoms with Gasteiger partial charge in [0.25, 0.3) is 0 Å². The molecule has 0 aliphatic carbocycles. The standard InChI is InChI=1S/C15H19NO4/c1-3-16-12-8-6-5-7-10(12)14(18)11(15(16)19)9-13(17)20-4-2/h5-8,11,14,18H,3-4,9H2,1-2H3. The van der Waals surface area contributed by atoms with E-state index in [1.165, 1.54) is 0 Å². The van der Waals surface area contributed by atoms with E-state index in [1.54, 1.807) is 24.0 Å². The van der Waals surface area contributed by atoms with Gasteiger partial charge in [0.05, 0.1) is 25.0 Å². The largest absolute Gasteiger partial charge is 0.466 e. The lowest BCUT2D eigenvalue weighted by Crippen LogP contribution is -2.44. The summed E-state index contributed by atoms with van der Waals surface area (Å²) in [6.07, 6.45) is -1.07. The summed E-state index contributed by atoms with van der Waals surface area (Å²) < 4.78 is 4.88. The second-order valence-corrected chi connectivity index (χ2v) is 4.70. The van der Waals surface area contributed by atoms with Gasteiger partial charge < -0.3 is 14.7 Å². The van der Waals surface area contributed by atoms with Crippen LogP contribution in [0.25, 0.3) is 0 Å². The first kappa shape index (κ1) is 14.5. The smallest absolute Gasteiger partial charge is 0.306 e. The highest BCUT2D eigenvalue weighted by molar-refractivity contribution is 6.00. The predicted octanol–water partition coefficient (Wildman–Crippen LogP) is 1.66. The molecule has 0 saturated heterocycles. The molecule has 0 fully saturated rings. The number of para-hydroxylation sites is 1. The van der Waals surface area contributed by atoms with E-state index in [0.717, 1.165) is 0 Å². The van der Waals surface area contributed by atoms with Gasteiger partial charge >= 0.3 is 5.97 Å². The highest BCUT2D eigenvalue weighted by Gasteiger charge is 2.40. The molecular formula is C15H19NO4. The molecule has 2 unspecified atom stereocenters. The molecule has 1 aromatic rings. The van der Waals surface area contributed by atoms with Gasteiger partial charge in [0.2, 0.25) is 5.91 Å². The number of aliphatic hydroxyl groups excluding tert-OH is 1. The lowest BCUT2D eigenvalue weighted by molar-refractivity contribution is -0.148. The number of aliphatic hydroxyl groups is 1. The maximum atomic E-state index is 12.4. The van der Waals surface area contributed by atoms with Crippen LogP contribution >= 0.6 is 0 Å². The van der Waals surface area contributed by atoms with E-state index in [0.29, 0.717) is 17.8 Å². The van der Waals surface area contributed by atoms with Crippen molar-refractivity contribution in [2.75, 3.05) is 18.1 Å². The van der Waals surface area contributed by atoms with E-state index < -0.39 is 18.0 Å². The molecule has 0 radical (unpaired) electrons. The van der Waals surface area contributed by atoms with Gasteiger partial charge in [0.1, 0.15) is 0 Å². The van der Waals surface area contributed by atoms with Crippen LogP contribution in [-0.2, 0) is 14.3 Å². The van der Waals surface area contributed by atoms with Crippen LogP contribution in [0.2, 0.25) is 0 Å². The molecule has 1 aliphatic rings. The Bertz CT molecular complexity index is 514. The van der Waals surface area contributed by atoms with Crippen LogP contribution in [-0.4, -0.2) is 30.1 Å². The Hall–Kier alpha value is -1.88. The third-order valence-electron chi connectivity index (χ3n) is 3.52. The first-order valence-corrected chi connectivity index (χ1v) is 6.84. The van der Waals surface area contributed by atoms with Gasteiger partial charge in [-0.3, -0.25) is 9.59 Å². The fourth-order valence-electron chi connectivity index (χ4n) is 2.58. The van der Waals surface area contributed by atoms with Gasteiger partial charge in [-0.25, -0.2) is 0 Å². The zero-order valence-electron chi connectivity index (χ0n) is 11.7. The second kappa shape index (κ2) is 6.05. The SMILES string of the molecule is CCOC(=O)CC1C(=O)N(CC)c2ccccc2C1O. The average molecular weight is 277 g/mol. The monoisotopic (exact) mass is 277 g/mol. The van der Waals surface area contributed by atoms with Gasteiger partial charge in [0.15, 0.2) is 0 Å². The van der Waals surface area contributed by atoms with Crippen molar-refractivity contribution in [2.45, 2.75) is 26.4 Å². The van der Waals surface area contributed by atoms with Crippen LogP contribution in [0.15, 0.2) is 24.3 Å². The Kier molecular flexibility index (Phi) is 4.39. The van der Waals surface area contributed by atoms with Crippen molar-refractivity contribution in [1.82, 2.24) is 0 Å². The van der Waals surface area contributed by atoms with E-state index in [-0.39, 0.29) is 18.9 Å². The minimum Gasteiger partial charge on any atom is -0.466 e. The van der Waals surface area contributed by atoms with Crippen LogP contribution in [0.1, 0.15) is 31.9 Å². The van der Waals surface area contributed by atoms with E-state index in [2.05, 4.69) is 0 Å². The minimum absolute atomic E-state index is 0.0985. The average Bonchev–Trinajstić information content (AvgIpc) is 2.44. The number of nitrogens with zero attached hydrogens (tertiary/aromatic N) is 1. The van der Waals surface area contributed by atoms with Gasteiger partial charge in [-0.2, -0.15) is 0 Å². The van der Waals surface area contributed by atoms with E-state index in [4.69, 9.17) is 4.74 Å². The van der Waals surface area contributed by atoms with Crippen molar-refractivity contribution in [2.24, 2.45) is 5.92 Å². The van der Waals surface area contributed by atoms with Crippen molar-refractivity contribution < 1.29 is 19.4 Å². The van der Waals surface area contributed by atoms with Crippen LogP contribution < -0.4 is 4.90 Å². The molecule has 5 nitrogen and oxygen atoms in total. The molecule has 0 bridgehead atoms. The van der Waals surface area contributed by atoms with Gasteiger partial charge in [-0.05, 0) is 19.9 Å². The van der Waals surface area contributed by atoms with Gasteiger partial charge in [-0.1, -0.05) is 18.2 Å². The number of anilines is 1. The number of esters is 1. The molecular weight excluding hydrogens is 258 g/mol. The van der Waals surface area contributed by atoms with Crippen LogP contribution in [0.3, 0.4) is 0 Å². The Morgan fingerprint density at radius 1 is 1.35 bits per heavy atom. The summed E-state index contributed by atoms with van der Waals surface area (Å²) in [5, 5.41) is 10.4. The number of ether oxygens (including phenoxy) is 1. The lowest BCUT2D eigenvalue weighted by Gasteiger charge is -2.36. The maximum absolute atomic E-state index is 12.4. The molecule has 5 heteroatoms. The molecule has 2 rings (SSSR count). The zero-order valence-corrected chi connectivity index (χ0v) is 11.7. The quantitative estimate of drug-likeness (QED) is 0.850. The summed E-state index contributed by atoms with van der Waals surface area (Å²) in [6.45, 7) is 4.35. The molecule has 1 aliphatic heterocycles. The Morgan fingerprint density at radius 2 is 2.05 bits per heavy atom. The Labute approximate surface area is 118 Å². The topological polar surface area (TPSA) is 66.8 Å². The molecule has 1 heterocycles. The van der Waals surface area contributed by atoms with E-state index in [1.807, 2.05) is 19.1 Å². The summed E-state index contributed by atoms with van der Waals surface area (Å²) in [5.74, 6) is -1.46. The fourth-order valence-corrected chi connectivity index (χ4v) is 2.58. The molecule has 0 aromatic heterocycles. The molecule has 1 amide bonds. The number of carbonyl (C=O) groups is 2. The maximum Gasteiger partial charge on any atom is 0.306 e. The molecule has 2 atom stereocenters. The Balaban J connectivity index is 2.32. The molecule has 1 aromatic carbocycles. The number of carbonyl (C=O) groups excluding carboxylic acids is 2.